The van der Waals surface area contributed by atoms with Gasteiger partial charge in [0.15, 0.2) is 0 Å². The van der Waals surface area contributed by atoms with Crippen LogP contribution in [0.5, 0.6) is 0 Å². The van der Waals surface area contributed by atoms with Crippen LogP contribution < -0.4 is 11.1 Å². The molecule has 0 saturated heterocycles. The van der Waals surface area contributed by atoms with Gasteiger partial charge in [0, 0.05) is 12.0 Å². The largest absolute Gasteiger partial charge is 0.368 e. The van der Waals surface area contributed by atoms with Crippen LogP contribution in [0.1, 0.15) is 35.3 Å². The molecule has 0 unspecified atom stereocenters. The van der Waals surface area contributed by atoms with Gasteiger partial charge in [-0.15, -0.1) is 0 Å². The monoisotopic (exact) mass is 518 g/mol. The number of carbonyl (C=O) groups excluding carboxylic acids is 2. The third-order valence-corrected chi connectivity index (χ3v) is 8.24. The summed E-state index contributed by atoms with van der Waals surface area (Å²) in [6.07, 6.45) is 0.363. The maximum Gasteiger partial charge on any atom is 0.335 e. The van der Waals surface area contributed by atoms with Crippen LogP contribution in [0.25, 0.3) is 21.5 Å². The average molecular weight is 519 g/mol. The lowest BCUT2D eigenvalue weighted by Crippen LogP contribution is -2.45. The molecule has 0 radical (unpaired) electrons. The van der Waals surface area contributed by atoms with Gasteiger partial charge in [0.1, 0.15) is 6.04 Å². The third kappa shape index (κ3) is 6.25. The number of carbonyl (C=O) groups is 2. The van der Waals surface area contributed by atoms with Crippen molar-refractivity contribution in [3.05, 3.63) is 95.6 Å². The third-order valence-electron chi connectivity index (χ3n) is 6.18. The first-order chi connectivity index (χ1) is 17.8. The van der Waals surface area contributed by atoms with Crippen LogP contribution >= 0.6 is 7.60 Å². The average Bonchev–Trinajstić information content (AvgIpc) is 2.88. The second-order valence-corrected chi connectivity index (χ2v) is 10.8. The zero-order valence-corrected chi connectivity index (χ0v) is 21.9. The lowest BCUT2D eigenvalue weighted by Gasteiger charge is -2.19. The summed E-state index contributed by atoms with van der Waals surface area (Å²) >= 11 is 0. The fourth-order valence-electron chi connectivity index (χ4n) is 4.50. The van der Waals surface area contributed by atoms with Gasteiger partial charge >= 0.3 is 7.60 Å². The van der Waals surface area contributed by atoms with Crippen molar-refractivity contribution in [3.8, 4) is 0 Å². The maximum absolute atomic E-state index is 13.1. The number of primary amides is 1. The Morgan fingerprint density at radius 2 is 1.41 bits per heavy atom. The van der Waals surface area contributed by atoms with Crippen molar-refractivity contribution >= 4 is 41.0 Å². The van der Waals surface area contributed by atoms with Crippen molar-refractivity contribution in [1.82, 2.24) is 5.32 Å². The van der Waals surface area contributed by atoms with Crippen molar-refractivity contribution in [3.63, 3.8) is 0 Å². The van der Waals surface area contributed by atoms with Crippen molar-refractivity contribution in [1.29, 1.82) is 0 Å². The molecule has 0 saturated carbocycles. The van der Waals surface area contributed by atoms with E-state index >= 15 is 0 Å². The molecule has 4 aromatic rings. The fourth-order valence-corrected chi connectivity index (χ4v) is 6.21. The smallest absolute Gasteiger partial charge is 0.335 e. The molecule has 0 bridgehead atoms. The lowest BCUT2D eigenvalue weighted by atomic mass is 9.92. The quantitative estimate of drug-likeness (QED) is 0.199. The molecule has 8 heteroatoms. The highest BCUT2D eigenvalue weighted by Crippen LogP contribution is 2.51. The first kappa shape index (κ1) is 26.6. The zero-order valence-electron chi connectivity index (χ0n) is 21.0. The summed E-state index contributed by atoms with van der Waals surface area (Å²) in [7, 11) is -3.26. The molecule has 0 aliphatic carbocycles. The Morgan fingerprint density at radius 3 is 1.92 bits per heavy atom. The molecule has 0 fully saturated rings. The highest BCUT2D eigenvalue weighted by molar-refractivity contribution is 7.53. The molecular weight excluding hydrogens is 487 g/mol. The molecule has 0 spiro atoms. The Bertz CT molecular complexity index is 1400. The summed E-state index contributed by atoms with van der Waals surface area (Å²) in [4.78, 5) is 25.5. The van der Waals surface area contributed by atoms with Gasteiger partial charge in [0.2, 0.25) is 5.91 Å². The predicted molar refractivity (Wildman–Crippen MR) is 147 cm³/mol. The van der Waals surface area contributed by atoms with Crippen LogP contribution in [0.15, 0.2) is 78.9 Å². The van der Waals surface area contributed by atoms with Crippen molar-refractivity contribution in [2.75, 3.05) is 13.2 Å². The van der Waals surface area contributed by atoms with E-state index in [0.29, 0.717) is 5.56 Å². The summed E-state index contributed by atoms with van der Waals surface area (Å²) < 4.78 is 23.5. The minimum absolute atomic E-state index is 0.106. The molecule has 0 aliphatic rings. The first-order valence-corrected chi connectivity index (χ1v) is 14.0. The van der Waals surface area contributed by atoms with Crippen LogP contribution in [0.4, 0.5) is 0 Å². The van der Waals surface area contributed by atoms with E-state index in [1.807, 2.05) is 48.5 Å². The van der Waals surface area contributed by atoms with Crippen LogP contribution in [0.3, 0.4) is 0 Å². The first-order valence-electron chi connectivity index (χ1n) is 12.3. The molecule has 4 aromatic carbocycles. The minimum Gasteiger partial charge on any atom is -0.368 e. The van der Waals surface area contributed by atoms with E-state index in [2.05, 4.69) is 11.4 Å². The summed E-state index contributed by atoms with van der Waals surface area (Å²) in [6.45, 7) is 4.07. The summed E-state index contributed by atoms with van der Waals surface area (Å²) in [5.41, 5.74) is 7.77. The van der Waals surface area contributed by atoms with E-state index in [0.717, 1.165) is 32.7 Å². The highest BCUT2D eigenvalue weighted by Gasteiger charge is 2.25. The maximum atomic E-state index is 13.1. The molecule has 3 N–H and O–H groups in total. The summed E-state index contributed by atoms with van der Waals surface area (Å²) in [5, 5.41) is 6.93. The van der Waals surface area contributed by atoms with Crippen LogP contribution in [0.2, 0.25) is 0 Å². The second-order valence-electron chi connectivity index (χ2n) is 8.73. The molecule has 0 heterocycles. The predicted octanol–water partition coefficient (Wildman–Crippen LogP) is 5.59. The van der Waals surface area contributed by atoms with Crippen molar-refractivity contribution in [2.45, 2.75) is 32.5 Å². The molecule has 2 amide bonds. The van der Waals surface area contributed by atoms with Crippen molar-refractivity contribution in [2.24, 2.45) is 5.73 Å². The topological polar surface area (TPSA) is 108 Å². The second kappa shape index (κ2) is 11.7. The molecule has 192 valence electrons. The molecule has 4 rings (SSSR count). The number of nitrogens with one attached hydrogen (secondary N) is 1. The van der Waals surface area contributed by atoms with Crippen LogP contribution in [-0.2, 0) is 31.0 Å². The van der Waals surface area contributed by atoms with E-state index in [1.165, 1.54) is 0 Å². The van der Waals surface area contributed by atoms with Crippen molar-refractivity contribution < 1.29 is 23.2 Å². The van der Waals surface area contributed by atoms with Gasteiger partial charge in [-0.05, 0) is 64.7 Å². The van der Waals surface area contributed by atoms with E-state index in [9.17, 15) is 14.2 Å². The Kier molecular flexibility index (Phi) is 8.39. The van der Waals surface area contributed by atoms with E-state index in [1.54, 1.807) is 38.1 Å². The Balaban J connectivity index is 1.56. The Labute approximate surface area is 216 Å². The fraction of sp³-hybridized carbons (Fsp3) is 0.241. The number of benzene rings is 4. The number of fused-ring (bicyclic) bond motifs is 2. The SMILES string of the molecule is CCOP(=O)(Cc1ccc(C(=O)N[C@@H](Cc2c3ccccc3cc3ccccc23)C(N)=O)cc1)OCC. The Morgan fingerprint density at radius 1 is 0.865 bits per heavy atom. The number of rotatable bonds is 11. The van der Waals surface area contributed by atoms with Crippen LogP contribution in [0, 0.1) is 0 Å². The normalized spacial score (nSPS) is 12.5. The van der Waals surface area contributed by atoms with Crippen LogP contribution in [-0.4, -0.2) is 31.1 Å². The molecule has 7 nitrogen and oxygen atoms in total. The number of amides is 2. The summed E-state index contributed by atoms with van der Waals surface area (Å²) in [6, 6.07) is 23.8. The number of hydrogen-bond acceptors (Lipinski definition) is 5. The van der Waals surface area contributed by atoms with Gasteiger partial charge in [-0.1, -0.05) is 60.7 Å². The minimum atomic E-state index is -3.26. The van der Waals surface area contributed by atoms with Gasteiger partial charge in [0.25, 0.3) is 5.91 Å². The van der Waals surface area contributed by atoms with E-state index in [-0.39, 0.29) is 25.8 Å². The van der Waals surface area contributed by atoms with Gasteiger partial charge in [-0.25, -0.2) is 0 Å². The standard InChI is InChI=1S/C29H31N2O5P/c1-3-35-37(34,36-4-2)19-20-13-15-21(16-14-20)29(33)31-27(28(30)32)18-26-24-11-7-5-9-22(24)17-23-10-6-8-12-25(23)26/h5-17,27H,3-4,18-19H2,1-2H3,(H2,30,32)(H,31,33)/t27-/m0/s1. The van der Waals surface area contributed by atoms with Gasteiger partial charge in [-0.3, -0.25) is 14.2 Å². The molecule has 37 heavy (non-hydrogen) atoms. The van der Waals surface area contributed by atoms with Gasteiger partial charge in [-0.2, -0.15) is 0 Å². The molecule has 1 atom stereocenters. The summed E-state index contributed by atoms with van der Waals surface area (Å²) in [5.74, 6) is -1.03. The Hall–Kier alpha value is -3.51. The number of nitrogens with two attached hydrogens (primary N) is 1. The lowest BCUT2D eigenvalue weighted by molar-refractivity contribution is -0.119. The molecule has 0 aliphatic heterocycles. The van der Waals surface area contributed by atoms with E-state index < -0.39 is 25.5 Å². The number of hydrogen-bond donors (Lipinski definition) is 2. The zero-order chi connectivity index (χ0) is 26.4. The molecule has 0 aromatic heterocycles. The van der Waals surface area contributed by atoms with Gasteiger partial charge < -0.3 is 20.1 Å². The highest BCUT2D eigenvalue weighted by atomic mass is 31.2. The van der Waals surface area contributed by atoms with E-state index in [4.69, 9.17) is 14.8 Å². The molecular formula is C29H31N2O5P. The van der Waals surface area contributed by atoms with Gasteiger partial charge in [0.05, 0.1) is 19.4 Å².